The lowest BCUT2D eigenvalue weighted by Gasteiger charge is -2.41. The Kier molecular flexibility index (Phi) is 7.97. The number of alkyl halides is 2. The van der Waals surface area contributed by atoms with Crippen molar-refractivity contribution in [1.29, 1.82) is 0 Å². The fraction of sp³-hybridized carbons (Fsp3) is 0.350. The monoisotopic (exact) mass is 618 g/mol. The van der Waals surface area contributed by atoms with Crippen molar-refractivity contribution in [2.45, 2.75) is 49.7 Å². The summed E-state index contributed by atoms with van der Waals surface area (Å²) < 4.78 is 38.0. The van der Waals surface area contributed by atoms with Gasteiger partial charge in [-0.25, -0.2) is 8.78 Å². The standard InChI is InChI=1S/C40H40F2N2O2/c41-38-33-9-3-4-10-34(33)40(35-13-5-11-30(27-15-16-27)37(35)39(38)42)44-22-20-43(21-23-44)25-28(45)19-24-46-36-14-6-12-31-29-8-2-1-7-26(29)17-18-32(31)36/h1-14,17-18,27-28,38-40,45H,15-16,19-25H2. The van der Waals surface area contributed by atoms with Gasteiger partial charge in [-0.05, 0) is 68.8 Å². The van der Waals surface area contributed by atoms with E-state index in [1.54, 1.807) is 6.07 Å². The van der Waals surface area contributed by atoms with Crippen LogP contribution in [0, 0.1) is 0 Å². The molecule has 1 saturated carbocycles. The number of rotatable bonds is 8. The molecule has 1 saturated heterocycles. The van der Waals surface area contributed by atoms with Crippen LogP contribution in [0.5, 0.6) is 5.75 Å². The van der Waals surface area contributed by atoms with E-state index < -0.39 is 18.4 Å². The second-order valence-corrected chi connectivity index (χ2v) is 13.2. The highest BCUT2D eigenvalue weighted by Crippen LogP contribution is 2.53. The van der Waals surface area contributed by atoms with E-state index in [1.165, 1.54) is 16.2 Å². The summed E-state index contributed by atoms with van der Waals surface area (Å²) in [5.41, 5.74) is 3.82. The van der Waals surface area contributed by atoms with Gasteiger partial charge in [0.15, 0.2) is 12.3 Å². The van der Waals surface area contributed by atoms with Crippen molar-refractivity contribution in [2.75, 3.05) is 39.3 Å². The van der Waals surface area contributed by atoms with Crippen LogP contribution in [-0.2, 0) is 0 Å². The molecule has 4 atom stereocenters. The number of piperazine rings is 1. The van der Waals surface area contributed by atoms with Crippen molar-refractivity contribution in [1.82, 2.24) is 9.80 Å². The van der Waals surface area contributed by atoms with Gasteiger partial charge in [0.2, 0.25) is 0 Å². The zero-order valence-corrected chi connectivity index (χ0v) is 26.0. The van der Waals surface area contributed by atoms with Crippen LogP contribution in [0.1, 0.15) is 71.4 Å². The minimum absolute atomic E-state index is 0.192. The Morgan fingerprint density at radius 1 is 0.674 bits per heavy atom. The van der Waals surface area contributed by atoms with Crippen molar-refractivity contribution in [3.8, 4) is 5.75 Å². The van der Waals surface area contributed by atoms with Gasteiger partial charge >= 0.3 is 0 Å². The summed E-state index contributed by atoms with van der Waals surface area (Å²) in [6, 6.07) is 32.1. The van der Waals surface area contributed by atoms with Gasteiger partial charge in [0.25, 0.3) is 0 Å². The molecule has 0 amide bonds. The SMILES string of the molecule is OC(CCOc1cccc2c1ccc1ccccc12)CN1CCN(C2c3ccccc3C(F)C(F)c3c(C4CC4)cccc32)CC1. The first-order chi connectivity index (χ1) is 22.6. The number of aliphatic hydroxyl groups is 1. The first kappa shape index (κ1) is 29.6. The summed E-state index contributed by atoms with van der Waals surface area (Å²) >= 11 is 0. The maximum atomic E-state index is 16.0. The topological polar surface area (TPSA) is 35.9 Å². The van der Waals surface area contributed by atoms with Gasteiger partial charge in [0, 0.05) is 44.5 Å². The lowest BCUT2D eigenvalue weighted by Crippen LogP contribution is -2.50. The number of nitrogens with zero attached hydrogens (tertiary/aromatic N) is 2. The normalized spacial score (nSPS) is 22.7. The number of ether oxygens (including phenoxy) is 1. The fourth-order valence-corrected chi connectivity index (χ4v) is 7.82. The number of aliphatic hydroxyl groups excluding tert-OH is 1. The zero-order valence-electron chi connectivity index (χ0n) is 26.0. The molecule has 6 heteroatoms. The van der Waals surface area contributed by atoms with Gasteiger partial charge < -0.3 is 9.84 Å². The molecule has 5 aromatic carbocycles. The highest BCUT2D eigenvalue weighted by Gasteiger charge is 2.42. The summed E-state index contributed by atoms with van der Waals surface area (Å²) in [6.45, 7) is 4.08. The van der Waals surface area contributed by atoms with E-state index in [1.807, 2.05) is 48.5 Å². The maximum absolute atomic E-state index is 16.0. The van der Waals surface area contributed by atoms with Crippen LogP contribution in [0.15, 0.2) is 97.1 Å². The molecular weight excluding hydrogens is 578 g/mol. The number of benzene rings is 5. The molecule has 4 nitrogen and oxygen atoms in total. The molecule has 236 valence electrons. The van der Waals surface area contributed by atoms with Gasteiger partial charge in [0.05, 0.1) is 18.8 Å². The van der Waals surface area contributed by atoms with Gasteiger partial charge in [0.1, 0.15) is 5.75 Å². The summed E-state index contributed by atoms with van der Waals surface area (Å²) in [4.78, 5) is 4.68. The third-order valence-corrected chi connectivity index (χ3v) is 10.3. The van der Waals surface area contributed by atoms with E-state index in [4.69, 9.17) is 4.74 Å². The van der Waals surface area contributed by atoms with Crippen LogP contribution in [0.3, 0.4) is 0 Å². The highest BCUT2D eigenvalue weighted by molar-refractivity contribution is 6.09. The van der Waals surface area contributed by atoms with Crippen LogP contribution in [0.25, 0.3) is 21.5 Å². The fourth-order valence-electron chi connectivity index (χ4n) is 7.82. The lowest BCUT2D eigenvalue weighted by atomic mass is 9.89. The molecule has 0 radical (unpaired) electrons. The van der Waals surface area contributed by atoms with Crippen LogP contribution in [0.4, 0.5) is 8.78 Å². The smallest absolute Gasteiger partial charge is 0.161 e. The number of β-amino-alcohol motifs (C(OH)–C–C–N with tert-alkyl or cyclic N) is 1. The van der Waals surface area contributed by atoms with Crippen molar-refractivity contribution < 1.29 is 18.6 Å². The number of hydrogen-bond donors (Lipinski definition) is 1. The maximum Gasteiger partial charge on any atom is 0.161 e. The van der Waals surface area contributed by atoms with Gasteiger partial charge in [-0.3, -0.25) is 9.80 Å². The first-order valence-corrected chi connectivity index (χ1v) is 16.7. The number of hydrogen-bond acceptors (Lipinski definition) is 4. The van der Waals surface area contributed by atoms with Crippen LogP contribution in [-0.4, -0.2) is 60.3 Å². The largest absolute Gasteiger partial charge is 0.493 e. The summed E-state index contributed by atoms with van der Waals surface area (Å²) in [7, 11) is 0. The Balaban J connectivity index is 0.931. The Labute approximate surface area is 269 Å². The molecular formula is C40H40F2N2O2. The molecule has 1 heterocycles. The molecule has 8 rings (SSSR count). The molecule has 0 spiro atoms. The van der Waals surface area contributed by atoms with E-state index >= 15 is 8.78 Å². The minimum atomic E-state index is -1.67. The molecule has 1 N–H and O–H groups in total. The summed E-state index contributed by atoms with van der Waals surface area (Å²) in [5.74, 6) is 1.17. The van der Waals surface area contributed by atoms with Crippen molar-refractivity contribution in [2.24, 2.45) is 0 Å². The van der Waals surface area contributed by atoms with E-state index in [0.29, 0.717) is 36.6 Å². The third-order valence-electron chi connectivity index (χ3n) is 10.3. The first-order valence-electron chi connectivity index (χ1n) is 16.7. The van der Waals surface area contributed by atoms with Crippen LogP contribution in [0.2, 0.25) is 0 Å². The van der Waals surface area contributed by atoms with E-state index in [9.17, 15) is 5.11 Å². The zero-order chi connectivity index (χ0) is 31.2. The van der Waals surface area contributed by atoms with Gasteiger partial charge in [-0.2, -0.15) is 0 Å². The van der Waals surface area contributed by atoms with E-state index in [0.717, 1.165) is 66.8 Å². The molecule has 5 aromatic rings. The second-order valence-electron chi connectivity index (χ2n) is 13.2. The lowest BCUT2D eigenvalue weighted by molar-refractivity contribution is 0.0531. The molecule has 4 unspecified atom stereocenters. The molecule has 46 heavy (non-hydrogen) atoms. The van der Waals surface area contributed by atoms with Crippen molar-refractivity contribution >= 4 is 21.5 Å². The Bertz CT molecular complexity index is 1870. The molecule has 2 fully saturated rings. The predicted molar refractivity (Wildman–Crippen MR) is 180 cm³/mol. The summed E-state index contributed by atoms with van der Waals surface area (Å²) in [6.07, 6.45) is -1.22. The van der Waals surface area contributed by atoms with E-state index in [-0.39, 0.29) is 6.04 Å². The Hall–Kier alpha value is -3.84. The molecule has 0 bridgehead atoms. The van der Waals surface area contributed by atoms with Gasteiger partial charge in [-0.15, -0.1) is 0 Å². The van der Waals surface area contributed by atoms with Gasteiger partial charge in [-0.1, -0.05) is 91.0 Å². The molecule has 0 aromatic heterocycles. The average molecular weight is 619 g/mol. The van der Waals surface area contributed by atoms with Crippen LogP contribution < -0.4 is 4.74 Å². The van der Waals surface area contributed by atoms with Crippen molar-refractivity contribution in [3.63, 3.8) is 0 Å². The second kappa shape index (κ2) is 12.4. The molecule has 1 aliphatic heterocycles. The average Bonchev–Trinajstić information content (AvgIpc) is 3.95. The van der Waals surface area contributed by atoms with E-state index in [2.05, 4.69) is 52.3 Å². The third kappa shape index (κ3) is 5.46. The molecule has 3 aliphatic rings. The van der Waals surface area contributed by atoms with Crippen molar-refractivity contribution in [3.05, 3.63) is 125 Å². The quantitative estimate of drug-likeness (QED) is 0.177. The Morgan fingerprint density at radius 2 is 1.37 bits per heavy atom. The Morgan fingerprint density at radius 3 is 2.20 bits per heavy atom. The predicted octanol–water partition coefficient (Wildman–Crippen LogP) is 8.44. The number of fused-ring (bicyclic) bond motifs is 5. The number of halogens is 2. The highest BCUT2D eigenvalue weighted by atomic mass is 19.2. The molecule has 2 aliphatic carbocycles. The summed E-state index contributed by atoms with van der Waals surface area (Å²) in [5, 5.41) is 15.6. The minimum Gasteiger partial charge on any atom is -0.493 e. The van der Waals surface area contributed by atoms with Crippen LogP contribution >= 0.6 is 0 Å².